The molecule has 0 spiro atoms. The highest BCUT2D eigenvalue weighted by atomic mass is 16.5. The van der Waals surface area contributed by atoms with Crippen molar-refractivity contribution in [3.8, 4) is 0 Å². The molecule has 2 aromatic heterocycles. The van der Waals surface area contributed by atoms with Crippen LogP contribution >= 0.6 is 0 Å². The van der Waals surface area contributed by atoms with Gasteiger partial charge in [0.25, 0.3) is 0 Å². The maximum Gasteiger partial charge on any atom is 0.190 e. The quantitative estimate of drug-likeness (QED) is 0.442. The Bertz CT molecular complexity index is 441. The summed E-state index contributed by atoms with van der Waals surface area (Å²) < 4.78 is 0.626. The smallest absolute Gasteiger partial charge is 0.190 e. The van der Waals surface area contributed by atoms with Crippen molar-refractivity contribution in [3.63, 3.8) is 0 Å². The van der Waals surface area contributed by atoms with Gasteiger partial charge in [0.1, 0.15) is 11.8 Å². The van der Waals surface area contributed by atoms with Crippen molar-refractivity contribution in [2.45, 2.75) is 0 Å². The van der Waals surface area contributed by atoms with Gasteiger partial charge >= 0.3 is 0 Å². The van der Waals surface area contributed by atoms with Crippen molar-refractivity contribution in [2.75, 3.05) is 0 Å². The molecule has 2 heterocycles. The fourth-order valence-electron chi connectivity index (χ4n) is 0.841. The lowest BCUT2D eigenvalue weighted by Gasteiger charge is -1.93. The number of nitrogens with one attached hydrogen (secondary N) is 2. The van der Waals surface area contributed by atoms with Crippen LogP contribution < -0.4 is 5.49 Å². The third kappa shape index (κ3) is 0.689. The standard InChI is InChI=1S/C5H5N5O/c6-4-3-5(8-1-7-3)9-2-10(4)11/h1-2,6,11H,(H,7,8). The molecule has 0 unspecified atom stereocenters. The summed E-state index contributed by atoms with van der Waals surface area (Å²) >= 11 is 0. The fourth-order valence-corrected chi connectivity index (χ4v) is 0.841. The second-order valence-electron chi connectivity index (χ2n) is 2.04. The number of fused-ring (bicyclic) bond motifs is 1. The molecule has 0 saturated carbocycles. The highest BCUT2D eigenvalue weighted by Gasteiger charge is 1.99. The number of H-pyrrole nitrogens is 1. The van der Waals surface area contributed by atoms with Gasteiger partial charge in [-0.1, -0.05) is 0 Å². The summed E-state index contributed by atoms with van der Waals surface area (Å²) in [6, 6.07) is 0. The number of rotatable bonds is 0. The molecule has 2 aromatic rings. The second-order valence-corrected chi connectivity index (χ2v) is 2.04. The maximum absolute atomic E-state index is 8.95. The summed E-state index contributed by atoms with van der Waals surface area (Å²) in [6.07, 6.45) is 2.56. The number of aromatic amines is 1. The SMILES string of the molecule is N=c1c2[nH]cnc2ncn1O. The molecule has 3 N–H and O–H groups in total. The molecule has 6 nitrogen and oxygen atoms in total. The van der Waals surface area contributed by atoms with Crippen LogP contribution in [0.5, 0.6) is 0 Å². The molecule has 6 heteroatoms. The first-order valence-corrected chi connectivity index (χ1v) is 2.93. The van der Waals surface area contributed by atoms with E-state index in [1.165, 1.54) is 6.33 Å². The molecule has 0 fully saturated rings. The van der Waals surface area contributed by atoms with Gasteiger partial charge in [-0.25, -0.2) is 9.97 Å². The van der Waals surface area contributed by atoms with E-state index >= 15 is 0 Å². The first kappa shape index (κ1) is 5.90. The molecule has 11 heavy (non-hydrogen) atoms. The fraction of sp³-hybridized carbons (Fsp3) is 0. The Labute approximate surface area is 60.6 Å². The summed E-state index contributed by atoms with van der Waals surface area (Å²) in [4.78, 5) is 10.2. The minimum atomic E-state index is -0.0486. The van der Waals surface area contributed by atoms with Gasteiger partial charge in [0.15, 0.2) is 11.1 Å². The van der Waals surface area contributed by atoms with Crippen molar-refractivity contribution in [3.05, 3.63) is 18.1 Å². The Morgan fingerprint density at radius 2 is 2.36 bits per heavy atom. The Kier molecular flexibility index (Phi) is 0.974. The Morgan fingerprint density at radius 1 is 1.55 bits per heavy atom. The lowest BCUT2D eigenvalue weighted by molar-refractivity contribution is 0.168. The number of imidazole rings is 1. The molecular formula is C5H5N5O. The van der Waals surface area contributed by atoms with Gasteiger partial charge in [-0.2, -0.15) is 4.73 Å². The highest BCUT2D eigenvalue weighted by molar-refractivity contribution is 5.67. The molecule has 0 saturated heterocycles. The molecule has 0 aliphatic heterocycles. The first-order valence-electron chi connectivity index (χ1n) is 2.93. The molecule has 0 bridgehead atoms. The van der Waals surface area contributed by atoms with Crippen molar-refractivity contribution in [1.82, 2.24) is 19.7 Å². The molecule has 0 atom stereocenters. The Morgan fingerprint density at radius 3 is 3.18 bits per heavy atom. The van der Waals surface area contributed by atoms with Crippen molar-refractivity contribution < 1.29 is 5.21 Å². The summed E-state index contributed by atoms with van der Waals surface area (Å²) in [5, 5.41) is 16.3. The van der Waals surface area contributed by atoms with Gasteiger partial charge in [-0.15, -0.1) is 0 Å². The molecule has 0 aromatic carbocycles. The summed E-state index contributed by atoms with van der Waals surface area (Å²) in [7, 11) is 0. The van der Waals surface area contributed by atoms with E-state index in [1.54, 1.807) is 0 Å². The van der Waals surface area contributed by atoms with Crippen LogP contribution in [0, 0.1) is 5.41 Å². The zero-order valence-corrected chi connectivity index (χ0v) is 5.44. The van der Waals surface area contributed by atoms with Crippen LogP contribution in [0.4, 0.5) is 0 Å². The second kappa shape index (κ2) is 1.82. The van der Waals surface area contributed by atoms with Gasteiger partial charge in [-0.3, -0.25) is 5.41 Å². The number of aromatic nitrogens is 4. The number of hydrogen-bond acceptors (Lipinski definition) is 4. The van der Waals surface area contributed by atoms with Gasteiger partial charge < -0.3 is 10.2 Å². The van der Waals surface area contributed by atoms with Crippen molar-refractivity contribution in [1.29, 1.82) is 5.41 Å². The van der Waals surface area contributed by atoms with Crippen LogP contribution in [0.15, 0.2) is 12.7 Å². The average molecular weight is 151 g/mol. The van der Waals surface area contributed by atoms with E-state index in [-0.39, 0.29) is 5.49 Å². The van der Waals surface area contributed by atoms with Crippen molar-refractivity contribution >= 4 is 11.2 Å². The summed E-state index contributed by atoms with van der Waals surface area (Å²) in [5.41, 5.74) is 0.808. The van der Waals surface area contributed by atoms with Crippen LogP contribution in [0.2, 0.25) is 0 Å². The molecule has 2 rings (SSSR count). The van der Waals surface area contributed by atoms with E-state index < -0.39 is 0 Å². The summed E-state index contributed by atoms with van der Waals surface area (Å²) in [6.45, 7) is 0. The van der Waals surface area contributed by atoms with Crippen molar-refractivity contribution in [2.24, 2.45) is 0 Å². The van der Waals surface area contributed by atoms with Gasteiger partial charge in [0, 0.05) is 0 Å². The van der Waals surface area contributed by atoms with Crippen LogP contribution in [0.3, 0.4) is 0 Å². The van der Waals surface area contributed by atoms with Crippen LogP contribution in [-0.2, 0) is 0 Å². The zero-order valence-electron chi connectivity index (χ0n) is 5.44. The van der Waals surface area contributed by atoms with Crippen LogP contribution in [0.25, 0.3) is 11.2 Å². The third-order valence-corrected chi connectivity index (χ3v) is 1.37. The molecule has 0 aliphatic rings. The largest absolute Gasteiger partial charge is 0.425 e. The maximum atomic E-state index is 8.95. The predicted octanol–water partition coefficient (Wildman–Crippen LogP) is -0.524. The number of hydrogen-bond donors (Lipinski definition) is 3. The lowest BCUT2D eigenvalue weighted by Crippen LogP contribution is -2.18. The van der Waals surface area contributed by atoms with Gasteiger partial charge in [0.2, 0.25) is 0 Å². The minimum Gasteiger partial charge on any atom is -0.425 e. The number of nitrogens with zero attached hydrogens (tertiary/aromatic N) is 3. The Hall–Kier alpha value is -1.85. The van der Waals surface area contributed by atoms with E-state index in [1.807, 2.05) is 0 Å². The van der Waals surface area contributed by atoms with E-state index in [0.717, 1.165) is 6.33 Å². The van der Waals surface area contributed by atoms with E-state index in [0.29, 0.717) is 15.9 Å². The zero-order chi connectivity index (χ0) is 7.84. The van der Waals surface area contributed by atoms with Crippen LogP contribution in [0.1, 0.15) is 0 Å². The first-order chi connectivity index (χ1) is 5.29. The molecular weight excluding hydrogens is 146 g/mol. The van der Waals surface area contributed by atoms with Gasteiger partial charge in [0.05, 0.1) is 6.33 Å². The van der Waals surface area contributed by atoms with E-state index in [2.05, 4.69) is 15.0 Å². The molecule has 0 amide bonds. The normalized spacial score (nSPS) is 10.5. The topological polar surface area (TPSA) is 90.6 Å². The lowest BCUT2D eigenvalue weighted by atomic mass is 10.5. The monoisotopic (exact) mass is 151 g/mol. The molecule has 0 radical (unpaired) electrons. The third-order valence-electron chi connectivity index (χ3n) is 1.37. The predicted molar refractivity (Wildman–Crippen MR) is 34.9 cm³/mol. The summed E-state index contributed by atoms with van der Waals surface area (Å²) in [5.74, 6) is 0. The van der Waals surface area contributed by atoms with Crippen LogP contribution in [-0.4, -0.2) is 24.9 Å². The Balaban J connectivity index is 3.05. The average Bonchev–Trinajstić information content (AvgIpc) is 2.45. The van der Waals surface area contributed by atoms with E-state index in [9.17, 15) is 0 Å². The minimum absolute atomic E-state index is 0.0486. The highest BCUT2D eigenvalue weighted by Crippen LogP contribution is 1.95. The molecule has 0 aliphatic carbocycles. The van der Waals surface area contributed by atoms with Gasteiger partial charge in [-0.05, 0) is 0 Å². The van der Waals surface area contributed by atoms with E-state index in [4.69, 9.17) is 10.6 Å². The molecule has 56 valence electrons.